The zero-order valence-corrected chi connectivity index (χ0v) is 12.9. The van der Waals surface area contributed by atoms with E-state index in [0.29, 0.717) is 11.0 Å². The maximum atomic E-state index is 6.08. The van der Waals surface area contributed by atoms with Gasteiger partial charge in [-0.3, -0.25) is 0 Å². The van der Waals surface area contributed by atoms with Crippen molar-refractivity contribution in [1.82, 2.24) is 0 Å². The average Bonchev–Trinajstić information content (AvgIpc) is 1.98. The van der Waals surface area contributed by atoms with Crippen LogP contribution in [0.3, 0.4) is 0 Å². The normalized spacial score (nSPS) is 15.9. The zero-order chi connectivity index (χ0) is 10.7. The van der Waals surface area contributed by atoms with Crippen LogP contribution in [0.25, 0.3) is 0 Å². The molecule has 0 aromatic carbocycles. The zero-order valence-electron chi connectivity index (χ0n) is 9.78. The Balaban J connectivity index is 4.04. The molecule has 80 valence electrons. The summed E-state index contributed by atoms with van der Waals surface area (Å²) in [5.74, 6) is 0.690. The van der Waals surface area contributed by atoms with Crippen molar-refractivity contribution in [2.75, 3.05) is 11.0 Å². The Morgan fingerprint density at radius 3 is 2.08 bits per heavy atom. The van der Waals surface area contributed by atoms with Crippen molar-refractivity contribution in [2.24, 2.45) is 5.92 Å². The van der Waals surface area contributed by atoms with Crippen LogP contribution in [-0.2, 0) is 4.43 Å². The summed E-state index contributed by atoms with van der Waals surface area (Å²) < 4.78 is 7.27. The van der Waals surface area contributed by atoms with Gasteiger partial charge in [0.15, 0.2) is 8.32 Å². The standard InChI is InChI=1S/C10H23IOSi/c1-9(7-11)8-12-13(5,6)10(2,3)4/h9H,7-8H2,1-6H3/t9-/m1/s1. The highest BCUT2D eigenvalue weighted by Crippen LogP contribution is 2.36. The summed E-state index contributed by atoms with van der Waals surface area (Å²) in [7, 11) is -1.49. The summed E-state index contributed by atoms with van der Waals surface area (Å²) in [5.41, 5.74) is 0. The molecule has 0 N–H and O–H groups in total. The fraction of sp³-hybridized carbons (Fsp3) is 1.00. The minimum atomic E-state index is -1.49. The Kier molecular flexibility index (Phi) is 5.48. The lowest BCUT2D eigenvalue weighted by Crippen LogP contribution is -2.41. The van der Waals surface area contributed by atoms with Crippen molar-refractivity contribution in [3.8, 4) is 0 Å². The van der Waals surface area contributed by atoms with Crippen LogP contribution in [0.1, 0.15) is 27.7 Å². The van der Waals surface area contributed by atoms with Gasteiger partial charge < -0.3 is 4.43 Å². The fourth-order valence-corrected chi connectivity index (χ4v) is 2.00. The van der Waals surface area contributed by atoms with Crippen molar-refractivity contribution in [2.45, 2.75) is 45.8 Å². The smallest absolute Gasteiger partial charge is 0.191 e. The maximum absolute atomic E-state index is 6.08. The lowest BCUT2D eigenvalue weighted by atomic mass is 10.2. The average molecular weight is 314 g/mol. The van der Waals surface area contributed by atoms with Crippen LogP contribution in [0.2, 0.25) is 18.1 Å². The molecule has 0 bridgehead atoms. The molecule has 0 spiro atoms. The minimum absolute atomic E-state index is 0.345. The van der Waals surface area contributed by atoms with Gasteiger partial charge in [-0.05, 0) is 24.1 Å². The first-order valence-electron chi connectivity index (χ1n) is 4.90. The molecule has 0 radical (unpaired) electrons. The Morgan fingerprint density at radius 1 is 1.31 bits per heavy atom. The van der Waals surface area contributed by atoms with Gasteiger partial charge in [0.05, 0.1) is 0 Å². The SMILES string of the molecule is C[C@H](CI)CO[Si](C)(C)C(C)(C)C. The van der Waals surface area contributed by atoms with E-state index in [1.54, 1.807) is 0 Å². The number of halogens is 1. The summed E-state index contributed by atoms with van der Waals surface area (Å²) in [5, 5.41) is 0.345. The van der Waals surface area contributed by atoms with Crippen LogP contribution in [0.5, 0.6) is 0 Å². The third-order valence-electron chi connectivity index (χ3n) is 2.80. The highest BCUT2D eigenvalue weighted by Gasteiger charge is 2.37. The lowest BCUT2D eigenvalue weighted by Gasteiger charge is -2.36. The summed E-state index contributed by atoms with van der Waals surface area (Å²) in [6.45, 7) is 14.7. The molecule has 1 atom stereocenters. The van der Waals surface area contributed by atoms with Gasteiger partial charge in [-0.2, -0.15) is 0 Å². The summed E-state index contributed by atoms with van der Waals surface area (Å²) in [6.07, 6.45) is 0. The van der Waals surface area contributed by atoms with Crippen molar-refractivity contribution < 1.29 is 4.43 Å². The largest absolute Gasteiger partial charge is 0.417 e. The lowest BCUT2D eigenvalue weighted by molar-refractivity contribution is 0.250. The molecule has 3 heteroatoms. The molecule has 0 unspecified atom stereocenters. The van der Waals surface area contributed by atoms with E-state index < -0.39 is 8.32 Å². The van der Waals surface area contributed by atoms with Gasteiger partial charge in [0, 0.05) is 11.0 Å². The number of hydrogen-bond donors (Lipinski definition) is 0. The molecule has 0 aromatic heterocycles. The monoisotopic (exact) mass is 314 g/mol. The van der Waals surface area contributed by atoms with Crippen LogP contribution in [0.15, 0.2) is 0 Å². The molecule has 0 amide bonds. The summed E-state index contributed by atoms with van der Waals surface area (Å²) >= 11 is 2.42. The van der Waals surface area contributed by atoms with Crippen molar-refractivity contribution in [3.63, 3.8) is 0 Å². The summed E-state index contributed by atoms with van der Waals surface area (Å²) in [4.78, 5) is 0. The third-order valence-corrected chi connectivity index (χ3v) is 8.80. The van der Waals surface area contributed by atoms with Crippen LogP contribution in [0.4, 0.5) is 0 Å². The fourth-order valence-electron chi connectivity index (χ4n) is 0.612. The van der Waals surface area contributed by atoms with Gasteiger partial charge in [-0.15, -0.1) is 0 Å². The van der Waals surface area contributed by atoms with Gasteiger partial charge in [-0.1, -0.05) is 50.3 Å². The van der Waals surface area contributed by atoms with Crippen LogP contribution in [0, 0.1) is 5.92 Å². The molecule has 0 aromatic rings. The molecule has 1 nitrogen and oxygen atoms in total. The second kappa shape index (κ2) is 5.12. The van der Waals surface area contributed by atoms with Crippen LogP contribution < -0.4 is 0 Å². The van der Waals surface area contributed by atoms with Crippen molar-refractivity contribution in [1.29, 1.82) is 0 Å². The van der Waals surface area contributed by atoms with Gasteiger partial charge >= 0.3 is 0 Å². The highest BCUT2D eigenvalue weighted by atomic mass is 127. The first kappa shape index (κ1) is 13.9. The second-order valence-electron chi connectivity index (χ2n) is 5.33. The van der Waals surface area contributed by atoms with Gasteiger partial charge in [0.1, 0.15) is 0 Å². The van der Waals surface area contributed by atoms with Gasteiger partial charge in [0.2, 0.25) is 0 Å². The molecule has 0 aliphatic rings. The summed E-state index contributed by atoms with van der Waals surface area (Å²) in [6, 6.07) is 0. The van der Waals surface area contributed by atoms with E-state index in [-0.39, 0.29) is 0 Å². The molecule has 0 saturated carbocycles. The molecule has 0 saturated heterocycles. The molecular formula is C10H23IOSi. The van der Waals surface area contributed by atoms with Crippen LogP contribution in [-0.4, -0.2) is 19.4 Å². The first-order valence-corrected chi connectivity index (χ1v) is 9.34. The van der Waals surface area contributed by atoms with E-state index in [1.165, 1.54) is 4.43 Å². The molecule has 0 fully saturated rings. The highest BCUT2D eigenvalue weighted by molar-refractivity contribution is 14.1. The topological polar surface area (TPSA) is 9.23 Å². The van der Waals surface area contributed by atoms with Gasteiger partial charge in [0.25, 0.3) is 0 Å². The number of rotatable bonds is 4. The Bertz CT molecular complexity index is 151. The minimum Gasteiger partial charge on any atom is -0.417 e. The van der Waals surface area contributed by atoms with Crippen molar-refractivity contribution in [3.05, 3.63) is 0 Å². The van der Waals surface area contributed by atoms with E-state index in [9.17, 15) is 0 Å². The molecule has 0 aliphatic carbocycles. The predicted octanol–water partition coefficient (Wildman–Crippen LogP) is 4.08. The number of hydrogen-bond acceptors (Lipinski definition) is 1. The van der Waals surface area contributed by atoms with E-state index in [2.05, 4.69) is 63.4 Å². The van der Waals surface area contributed by atoms with Gasteiger partial charge in [-0.25, -0.2) is 0 Å². The molecule has 13 heavy (non-hydrogen) atoms. The Labute approximate surface area is 97.9 Å². The molecule has 0 aliphatic heterocycles. The first-order chi connectivity index (χ1) is 5.70. The molecule has 0 heterocycles. The van der Waals surface area contributed by atoms with E-state index in [4.69, 9.17) is 4.43 Å². The third kappa shape index (κ3) is 4.79. The molecular weight excluding hydrogens is 291 g/mol. The predicted molar refractivity (Wildman–Crippen MR) is 71.2 cm³/mol. The quantitative estimate of drug-likeness (QED) is 0.432. The second-order valence-corrected chi connectivity index (χ2v) is 11.0. The van der Waals surface area contributed by atoms with Crippen molar-refractivity contribution >= 4 is 30.9 Å². The van der Waals surface area contributed by atoms with E-state index in [1.807, 2.05) is 0 Å². The number of alkyl halides is 1. The van der Waals surface area contributed by atoms with E-state index >= 15 is 0 Å². The van der Waals surface area contributed by atoms with Crippen LogP contribution >= 0.6 is 22.6 Å². The maximum Gasteiger partial charge on any atom is 0.191 e. The Hall–Kier alpha value is 0.907. The Morgan fingerprint density at radius 2 is 1.77 bits per heavy atom. The molecule has 0 rings (SSSR count). The van der Waals surface area contributed by atoms with E-state index in [0.717, 1.165) is 6.61 Å².